The summed E-state index contributed by atoms with van der Waals surface area (Å²) in [6.07, 6.45) is 5.43. The van der Waals surface area contributed by atoms with Gasteiger partial charge in [0.25, 0.3) is 0 Å². The summed E-state index contributed by atoms with van der Waals surface area (Å²) >= 11 is 0. The van der Waals surface area contributed by atoms with Crippen molar-refractivity contribution in [2.24, 2.45) is 17.8 Å². The summed E-state index contributed by atoms with van der Waals surface area (Å²) in [7, 11) is 0. The number of amides is 3. The monoisotopic (exact) mass is 384 g/mol. The fraction of sp³-hybridized carbons (Fsp3) is 0.476. The van der Waals surface area contributed by atoms with E-state index in [1.807, 2.05) is 26.0 Å². The molecular formula is C21H24N2O5. The van der Waals surface area contributed by atoms with Crippen LogP contribution in [0.25, 0.3) is 0 Å². The fourth-order valence-corrected chi connectivity index (χ4v) is 4.11. The van der Waals surface area contributed by atoms with Gasteiger partial charge in [-0.05, 0) is 37.3 Å². The number of ether oxygens (including phenoxy) is 2. The van der Waals surface area contributed by atoms with Crippen LogP contribution in [-0.4, -0.2) is 35.5 Å². The average Bonchev–Trinajstić information content (AvgIpc) is 3.23. The number of imide groups is 1. The number of hydrogen-bond donors (Lipinski definition) is 1. The van der Waals surface area contributed by atoms with E-state index >= 15 is 0 Å². The van der Waals surface area contributed by atoms with Crippen LogP contribution in [0.15, 0.2) is 30.4 Å². The summed E-state index contributed by atoms with van der Waals surface area (Å²) in [5.74, 6) is -0.177. The number of carbonyl (C=O) groups excluding carboxylic acids is 3. The normalized spacial score (nSPS) is 23.9. The van der Waals surface area contributed by atoms with Crippen molar-refractivity contribution in [2.45, 2.75) is 39.2 Å². The lowest BCUT2D eigenvalue weighted by molar-refractivity contribution is -0.147. The molecule has 1 saturated heterocycles. The van der Waals surface area contributed by atoms with Gasteiger partial charge in [-0.1, -0.05) is 26.0 Å². The van der Waals surface area contributed by atoms with Crippen LogP contribution in [0.5, 0.6) is 11.5 Å². The lowest BCUT2D eigenvalue weighted by atomic mass is 9.85. The summed E-state index contributed by atoms with van der Waals surface area (Å²) < 4.78 is 10.6. The summed E-state index contributed by atoms with van der Waals surface area (Å²) in [4.78, 5) is 40.2. The highest BCUT2D eigenvalue weighted by atomic mass is 16.7. The van der Waals surface area contributed by atoms with E-state index in [1.165, 1.54) is 4.90 Å². The summed E-state index contributed by atoms with van der Waals surface area (Å²) in [5, 5.41) is 2.84. The molecule has 0 saturated carbocycles. The lowest BCUT2D eigenvalue weighted by Crippen LogP contribution is -2.48. The Balaban J connectivity index is 1.56. The Hall–Kier alpha value is -2.83. The van der Waals surface area contributed by atoms with Gasteiger partial charge in [0.2, 0.25) is 24.5 Å². The van der Waals surface area contributed by atoms with Crippen LogP contribution in [-0.2, 0) is 14.4 Å². The maximum absolute atomic E-state index is 13.1. The molecule has 0 bridgehead atoms. The molecule has 4 rings (SSSR count). The first-order chi connectivity index (χ1) is 13.5. The third-order valence-corrected chi connectivity index (χ3v) is 5.49. The maximum atomic E-state index is 13.1. The number of allylic oxidation sites excluding steroid dienone is 2. The lowest BCUT2D eigenvalue weighted by Gasteiger charge is -2.27. The Labute approximate surface area is 163 Å². The first-order valence-electron chi connectivity index (χ1n) is 9.68. The summed E-state index contributed by atoms with van der Waals surface area (Å²) in [5.41, 5.74) is 0.543. The van der Waals surface area contributed by atoms with Crippen molar-refractivity contribution in [3.05, 3.63) is 30.4 Å². The Morgan fingerprint density at radius 2 is 1.75 bits per heavy atom. The topological polar surface area (TPSA) is 84.9 Å². The second-order valence-corrected chi connectivity index (χ2v) is 7.90. The van der Waals surface area contributed by atoms with Gasteiger partial charge < -0.3 is 14.8 Å². The van der Waals surface area contributed by atoms with Crippen molar-refractivity contribution in [2.75, 3.05) is 12.1 Å². The predicted octanol–water partition coefficient (Wildman–Crippen LogP) is 2.72. The Bertz CT molecular complexity index is 821. The third-order valence-electron chi connectivity index (χ3n) is 5.49. The van der Waals surface area contributed by atoms with Crippen molar-refractivity contribution in [3.8, 4) is 11.5 Å². The van der Waals surface area contributed by atoms with Crippen molar-refractivity contribution in [1.29, 1.82) is 0 Å². The number of anilines is 1. The van der Waals surface area contributed by atoms with E-state index in [0.717, 1.165) is 0 Å². The van der Waals surface area contributed by atoms with E-state index < -0.39 is 6.04 Å². The molecule has 1 aromatic carbocycles. The Morgan fingerprint density at radius 3 is 2.39 bits per heavy atom. The van der Waals surface area contributed by atoms with Gasteiger partial charge in [-0.2, -0.15) is 0 Å². The molecule has 1 aromatic rings. The van der Waals surface area contributed by atoms with E-state index in [9.17, 15) is 14.4 Å². The number of nitrogens with one attached hydrogen (secondary N) is 1. The maximum Gasteiger partial charge on any atom is 0.247 e. The van der Waals surface area contributed by atoms with Crippen LogP contribution in [0.3, 0.4) is 0 Å². The number of fused-ring (bicyclic) bond motifs is 2. The van der Waals surface area contributed by atoms with E-state index in [0.29, 0.717) is 36.4 Å². The van der Waals surface area contributed by atoms with E-state index in [1.54, 1.807) is 18.2 Å². The highest BCUT2D eigenvalue weighted by molar-refractivity contribution is 6.10. The zero-order chi connectivity index (χ0) is 19.8. The van der Waals surface area contributed by atoms with Crippen molar-refractivity contribution in [1.82, 2.24) is 4.90 Å². The highest BCUT2D eigenvalue weighted by Gasteiger charge is 2.51. The number of hydrogen-bond acceptors (Lipinski definition) is 5. The van der Waals surface area contributed by atoms with Gasteiger partial charge in [0.15, 0.2) is 11.5 Å². The van der Waals surface area contributed by atoms with Crippen molar-refractivity contribution >= 4 is 23.4 Å². The van der Waals surface area contributed by atoms with Gasteiger partial charge in [-0.15, -0.1) is 0 Å². The Kier molecular flexibility index (Phi) is 4.83. The van der Waals surface area contributed by atoms with Gasteiger partial charge in [0.05, 0.1) is 11.8 Å². The molecule has 1 N–H and O–H groups in total. The molecule has 7 heteroatoms. The van der Waals surface area contributed by atoms with Crippen LogP contribution < -0.4 is 14.8 Å². The quantitative estimate of drug-likeness (QED) is 0.623. The molecule has 2 aliphatic heterocycles. The second kappa shape index (κ2) is 7.30. The van der Waals surface area contributed by atoms with Gasteiger partial charge in [0.1, 0.15) is 6.04 Å². The molecule has 7 nitrogen and oxygen atoms in total. The average molecular weight is 384 g/mol. The first-order valence-corrected chi connectivity index (χ1v) is 9.68. The minimum Gasteiger partial charge on any atom is -0.454 e. The number of carbonyl (C=O) groups is 3. The molecule has 2 heterocycles. The molecule has 0 aromatic heterocycles. The van der Waals surface area contributed by atoms with E-state index in [2.05, 4.69) is 5.32 Å². The number of benzene rings is 1. The highest BCUT2D eigenvalue weighted by Crippen LogP contribution is 2.38. The zero-order valence-corrected chi connectivity index (χ0v) is 16.0. The van der Waals surface area contributed by atoms with Crippen LogP contribution in [0, 0.1) is 17.8 Å². The molecule has 1 fully saturated rings. The molecule has 0 radical (unpaired) electrons. The number of nitrogens with zero attached hydrogens (tertiary/aromatic N) is 1. The molecule has 3 atom stereocenters. The van der Waals surface area contributed by atoms with Crippen LogP contribution in [0.1, 0.15) is 33.1 Å². The summed E-state index contributed by atoms with van der Waals surface area (Å²) in [6.45, 7) is 4.09. The van der Waals surface area contributed by atoms with Crippen molar-refractivity contribution in [3.63, 3.8) is 0 Å². The number of rotatable bonds is 5. The molecule has 3 aliphatic rings. The largest absolute Gasteiger partial charge is 0.454 e. The summed E-state index contributed by atoms with van der Waals surface area (Å²) in [6, 6.07) is 4.30. The van der Waals surface area contributed by atoms with Crippen LogP contribution in [0.4, 0.5) is 5.69 Å². The minimum absolute atomic E-state index is 0.147. The molecule has 148 valence electrons. The Morgan fingerprint density at radius 1 is 1.11 bits per heavy atom. The first kappa shape index (κ1) is 18.5. The molecule has 3 amide bonds. The zero-order valence-electron chi connectivity index (χ0n) is 16.0. The predicted molar refractivity (Wildman–Crippen MR) is 102 cm³/mol. The van der Waals surface area contributed by atoms with Gasteiger partial charge >= 0.3 is 0 Å². The smallest absolute Gasteiger partial charge is 0.247 e. The van der Waals surface area contributed by atoms with Gasteiger partial charge in [0, 0.05) is 11.8 Å². The van der Waals surface area contributed by atoms with Crippen molar-refractivity contribution < 1.29 is 23.9 Å². The van der Waals surface area contributed by atoms with Crippen LogP contribution in [0.2, 0.25) is 0 Å². The molecule has 0 spiro atoms. The van der Waals surface area contributed by atoms with Gasteiger partial charge in [-0.25, -0.2) is 0 Å². The fourth-order valence-electron chi connectivity index (χ4n) is 4.11. The van der Waals surface area contributed by atoms with Gasteiger partial charge in [-0.3, -0.25) is 19.3 Å². The number of likely N-dealkylation sites (tertiary alicyclic amines) is 1. The standard InChI is InChI=1S/C21H24N2O5/c1-12(2)9-16(23-20(25)14-5-3-4-6-15(14)21(23)26)19(24)22-13-7-8-17-18(10-13)28-11-27-17/h3-4,7-8,10,12,14-16H,5-6,9,11H2,1-2H3,(H,22,24). The molecular weight excluding hydrogens is 360 g/mol. The van der Waals surface area contributed by atoms with Crippen LogP contribution >= 0.6 is 0 Å². The van der Waals surface area contributed by atoms with E-state index in [-0.39, 0.29) is 42.3 Å². The molecule has 28 heavy (non-hydrogen) atoms. The molecule has 3 unspecified atom stereocenters. The van der Waals surface area contributed by atoms with E-state index in [4.69, 9.17) is 9.47 Å². The molecule has 1 aliphatic carbocycles. The SMILES string of the molecule is CC(C)CC(C(=O)Nc1ccc2c(c1)OCO2)N1C(=O)C2CC=CCC2C1=O. The second-order valence-electron chi connectivity index (χ2n) is 7.90. The minimum atomic E-state index is -0.823. The third kappa shape index (κ3) is 3.25.